The van der Waals surface area contributed by atoms with Crippen molar-refractivity contribution >= 4 is 28.8 Å². The minimum atomic E-state index is -0.533. The molecule has 1 saturated carbocycles. The topological polar surface area (TPSA) is 101 Å². The van der Waals surface area contributed by atoms with Crippen molar-refractivity contribution in [3.8, 4) is 10.6 Å². The van der Waals surface area contributed by atoms with Crippen molar-refractivity contribution in [3.63, 3.8) is 0 Å². The number of rotatable bonds is 5. The van der Waals surface area contributed by atoms with Crippen LogP contribution in [0.4, 0.5) is 5.69 Å². The molecule has 2 amide bonds. The molecule has 1 atom stereocenters. The van der Waals surface area contributed by atoms with Crippen LogP contribution in [0.15, 0.2) is 34.9 Å². The molecule has 160 valence electrons. The van der Waals surface area contributed by atoms with Gasteiger partial charge in [-0.3, -0.25) is 9.59 Å². The Bertz CT molecular complexity index is 1120. The number of nitrogens with zero attached hydrogens (tertiary/aromatic N) is 4. The van der Waals surface area contributed by atoms with E-state index in [0.717, 1.165) is 47.0 Å². The van der Waals surface area contributed by atoms with E-state index in [0.29, 0.717) is 24.6 Å². The van der Waals surface area contributed by atoms with Gasteiger partial charge < -0.3 is 14.7 Å². The fraction of sp³-hybridized carbons (Fsp3) is 0.409. The Morgan fingerprint density at radius 3 is 2.81 bits per heavy atom. The zero-order valence-corrected chi connectivity index (χ0v) is 18.0. The molecule has 0 radical (unpaired) electrons. The van der Waals surface area contributed by atoms with Gasteiger partial charge in [0.25, 0.3) is 5.91 Å². The van der Waals surface area contributed by atoms with Gasteiger partial charge in [0.1, 0.15) is 21.8 Å². The van der Waals surface area contributed by atoms with Gasteiger partial charge in [0, 0.05) is 29.8 Å². The van der Waals surface area contributed by atoms with Crippen molar-refractivity contribution in [1.29, 1.82) is 0 Å². The summed E-state index contributed by atoms with van der Waals surface area (Å²) in [6, 6.07) is 8.73. The number of aromatic nitrogens is 3. The van der Waals surface area contributed by atoms with E-state index in [1.165, 1.54) is 11.3 Å². The number of piperidine rings is 1. The standard InChI is InChI=1S/C22H23N5O3S/c1-13-24-25-21(31-13)15-5-4-6-16(11-15)23-20(28)18-7-2-3-10-27(18)22(29)17-12-19(30-26-17)14-8-9-14/h4-6,11-12,14,18H,2-3,7-10H2,1H3,(H,23,28)/t18-/m1/s1. The number of hydrogen-bond acceptors (Lipinski definition) is 7. The number of amides is 2. The van der Waals surface area contributed by atoms with Crippen molar-refractivity contribution in [2.75, 3.05) is 11.9 Å². The molecule has 2 aliphatic rings. The van der Waals surface area contributed by atoms with Crippen LogP contribution >= 0.6 is 11.3 Å². The third-order valence-corrected chi connectivity index (χ3v) is 6.58. The van der Waals surface area contributed by atoms with Crippen LogP contribution in [0.3, 0.4) is 0 Å². The second-order valence-electron chi connectivity index (χ2n) is 8.10. The van der Waals surface area contributed by atoms with Gasteiger partial charge >= 0.3 is 0 Å². The monoisotopic (exact) mass is 437 g/mol. The van der Waals surface area contributed by atoms with Crippen LogP contribution in [0.5, 0.6) is 0 Å². The number of nitrogens with one attached hydrogen (secondary N) is 1. The van der Waals surface area contributed by atoms with E-state index in [4.69, 9.17) is 4.52 Å². The molecule has 31 heavy (non-hydrogen) atoms. The van der Waals surface area contributed by atoms with Gasteiger partial charge in [0.05, 0.1) is 0 Å². The SMILES string of the molecule is Cc1nnc(-c2cccc(NC(=O)[C@H]3CCCCN3C(=O)c3cc(C4CC4)on3)c2)s1. The van der Waals surface area contributed by atoms with Gasteiger partial charge in [-0.25, -0.2) is 0 Å². The zero-order valence-electron chi connectivity index (χ0n) is 17.2. The highest BCUT2D eigenvalue weighted by atomic mass is 32.1. The minimum absolute atomic E-state index is 0.190. The van der Waals surface area contributed by atoms with Crippen LogP contribution in [0.1, 0.15) is 59.3 Å². The number of likely N-dealkylation sites (tertiary alicyclic amines) is 1. The third kappa shape index (κ3) is 4.23. The minimum Gasteiger partial charge on any atom is -0.360 e. The molecule has 2 fully saturated rings. The predicted octanol–water partition coefficient (Wildman–Crippen LogP) is 4.01. The van der Waals surface area contributed by atoms with Crippen LogP contribution in [0.25, 0.3) is 10.6 Å². The maximum atomic E-state index is 13.1. The fourth-order valence-corrected chi connectivity index (χ4v) is 4.60. The lowest BCUT2D eigenvalue weighted by atomic mass is 10.0. The van der Waals surface area contributed by atoms with Gasteiger partial charge in [-0.1, -0.05) is 28.6 Å². The zero-order chi connectivity index (χ0) is 21.4. The van der Waals surface area contributed by atoms with Crippen molar-refractivity contribution in [2.24, 2.45) is 0 Å². The highest BCUT2D eigenvalue weighted by molar-refractivity contribution is 7.14. The molecule has 1 N–H and O–H groups in total. The van der Waals surface area contributed by atoms with Gasteiger partial charge in [0.15, 0.2) is 5.69 Å². The molecule has 9 heteroatoms. The molecule has 1 aliphatic carbocycles. The molecule has 0 spiro atoms. The Morgan fingerprint density at radius 1 is 1.16 bits per heavy atom. The summed E-state index contributed by atoms with van der Waals surface area (Å²) in [5.41, 5.74) is 1.86. The van der Waals surface area contributed by atoms with E-state index < -0.39 is 6.04 Å². The molecule has 3 aromatic rings. The molecule has 8 nitrogen and oxygen atoms in total. The molecule has 2 aromatic heterocycles. The van der Waals surface area contributed by atoms with E-state index in [1.54, 1.807) is 11.0 Å². The summed E-state index contributed by atoms with van der Waals surface area (Å²) in [6.45, 7) is 2.44. The van der Waals surface area contributed by atoms with E-state index in [1.807, 2.05) is 31.2 Å². The van der Waals surface area contributed by atoms with Crippen molar-refractivity contribution < 1.29 is 14.1 Å². The summed E-state index contributed by atoms with van der Waals surface area (Å²) in [7, 11) is 0. The molecule has 0 unspecified atom stereocenters. The highest BCUT2D eigenvalue weighted by Gasteiger charge is 2.35. The van der Waals surface area contributed by atoms with Crippen molar-refractivity contribution in [3.05, 3.63) is 46.8 Å². The number of carbonyl (C=O) groups is 2. The largest absolute Gasteiger partial charge is 0.360 e. The lowest BCUT2D eigenvalue weighted by molar-refractivity contribution is -0.121. The van der Waals surface area contributed by atoms with Crippen LogP contribution in [-0.2, 0) is 4.79 Å². The fourth-order valence-electron chi connectivity index (χ4n) is 3.91. The first-order valence-electron chi connectivity index (χ1n) is 10.6. The Hall–Kier alpha value is -3.07. The van der Waals surface area contributed by atoms with Crippen molar-refractivity contribution in [1.82, 2.24) is 20.3 Å². The first kappa shape index (κ1) is 19.9. The van der Waals surface area contributed by atoms with Crippen LogP contribution < -0.4 is 5.32 Å². The lowest BCUT2D eigenvalue weighted by Crippen LogP contribution is -2.50. The summed E-state index contributed by atoms with van der Waals surface area (Å²) in [5.74, 6) is 0.724. The Morgan fingerprint density at radius 2 is 2.03 bits per heavy atom. The number of hydrogen-bond donors (Lipinski definition) is 1. The number of carbonyl (C=O) groups excluding carboxylic acids is 2. The first-order chi connectivity index (χ1) is 15.1. The second kappa shape index (κ2) is 8.22. The van der Waals surface area contributed by atoms with Gasteiger partial charge in [-0.05, 0) is 51.2 Å². The van der Waals surface area contributed by atoms with E-state index in [-0.39, 0.29) is 17.5 Å². The molecule has 1 aromatic carbocycles. The molecular weight excluding hydrogens is 414 g/mol. The summed E-state index contributed by atoms with van der Waals surface area (Å²) >= 11 is 1.50. The van der Waals surface area contributed by atoms with Crippen molar-refractivity contribution in [2.45, 2.75) is 51.0 Å². The Labute approximate surface area is 183 Å². The predicted molar refractivity (Wildman–Crippen MR) is 116 cm³/mol. The van der Waals surface area contributed by atoms with Crippen LogP contribution in [-0.4, -0.2) is 44.7 Å². The van der Waals surface area contributed by atoms with Crippen LogP contribution in [0.2, 0.25) is 0 Å². The third-order valence-electron chi connectivity index (χ3n) is 5.70. The molecule has 5 rings (SSSR count). The summed E-state index contributed by atoms with van der Waals surface area (Å²) in [5, 5.41) is 16.9. The number of anilines is 1. The van der Waals surface area contributed by atoms with E-state index in [9.17, 15) is 9.59 Å². The molecule has 0 bridgehead atoms. The number of aryl methyl sites for hydroxylation is 1. The smallest absolute Gasteiger partial charge is 0.276 e. The maximum absolute atomic E-state index is 13.1. The van der Waals surface area contributed by atoms with E-state index >= 15 is 0 Å². The Balaban J connectivity index is 1.31. The normalized spacial score (nSPS) is 18.7. The summed E-state index contributed by atoms with van der Waals surface area (Å²) in [6.07, 6.45) is 4.55. The summed E-state index contributed by atoms with van der Waals surface area (Å²) in [4.78, 5) is 27.8. The molecular formula is C22H23N5O3S. The number of benzene rings is 1. The molecule has 3 heterocycles. The molecule has 1 aliphatic heterocycles. The Kier molecular flexibility index (Phi) is 5.27. The van der Waals surface area contributed by atoms with Crippen LogP contribution in [0, 0.1) is 6.92 Å². The van der Waals surface area contributed by atoms with Gasteiger partial charge in [-0.15, -0.1) is 10.2 Å². The quantitative estimate of drug-likeness (QED) is 0.647. The van der Waals surface area contributed by atoms with E-state index in [2.05, 4.69) is 20.7 Å². The lowest BCUT2D eigenvalue weighted by Gasteiger charge is -2.34. The highest BCUT2D eigenvalue weighted by Crippen LogP contribution is 2.40. The van der Waals surface area contributed by atoms with Gasteiger partial charge in [-0.2, -0.15) is 0 Å². The summed E-state index contributed by atoms with van der Waals surface area (Å²) < 4.78 is 5.34. The maximum Gasteiger partial charge on any atom is 0.276 e. The average molecular weight is 438 g/mol. The van der Waals surface area contributed by atoms with Gasteiger partial charge in [0.2, 0.25) is 5.91 Å². The second-order valence-corrected chi connectivity index (χ2v) is 9.28. The molecule has 1 saturated heterocycles. The average Bonchev–Trinajstić information content (AvgIpc) is 3.35. The first-order valence-corrected chi connectivity index (χ1v) is 11.4.